The average Bonchev–Trinajstić information content (AvgIpc) is 2.62. The highest BCUT2D eigenvalue weighted by molar-refractivity contribution is 5.95. The van der Waals surface area contributed by atoms with E-state index < -0.39 is 0 Å². The van der Waals surface area contributed by atoms with Crippen LogP contribution in [0.2, 0.25) is 0 Å². The molecule has 1 saturated heterocycles. The van der Waals surface area contributed by atoms with Crippen LogP contribution in [0, 0.1) is 0 Å². The van der Waals surface area contributed by atoms with Gasteiger partial charge in [0.15, 0.2) is 0 Å². The molecule has 3 rings (SSSR count). The number of amides is 1. The summed E-state index contributed by atoms with van der Waals surface area (Å²) in [4.78, 5) is 22.7. The van der Waals surface area contributed by atoms with Crippen LogP contribution in [0.15, 0.2) is 42.9 Å². The van der Waals surface area contributed by atoms with Gasteiger partial charge in [-0.2, -0.15) is 0 Å². The summed E-state index contributed by atoms with van der Waals surface area (Å²) in [5.74, 6) is 0.970. The number of rotatable bonds is 4. The molecule has 1 fully saturated rings. The average molecular weight is 312 g/mol. The standard InChI is InChI=1S/C17H20N4O2/c18-11-14-5-1-2-9-21(14)17(22)13-4-3-6-15(10-13)23-16-12-19-7-8-20-16/h3-4,6-8,10,12,14H,1-2,5,9,11,18H2. The summed E-state index contributed by atoms with van der Waals surface area (Å²) >= 11 is 0. The third-order valence-electron chi connectivity index (χ3n) is 4.00. The van der Waals surface area contributed by atoms with Crippen molar-refractivity contribution in [3.05, 3.63) is 48.4 Å². The monoisotopic (exact) mass is 312 g/mol. The van der Waals surface area contributed by atoms with Gasteiger partial charge in [0.25, 0.3) is 5.91 Å². The smallest absolute Gasteiger partial charge is 0.254 e. The Bertz CT molecular complexity index is 663. The van der Waals surface area contributed by atoms with Crippen LogP contribution in [0.1, 0.15) is 29.6 Å². The molecule has 1 aliphatic rings. The zero-order chi connectivity index (χ0) is 16.1. The molecule has 0 aliphatic carbocycles. The molecule has 23 heavy (non-hydrogen) atoms. The first-order valence-corrected chi connectivity index (χ1v) is 7.83. The second-order valence-corrected chi connectivity index (χ2v) is 5.56. The minimum Gasteiger partial charge on any atom is -0.437 e. The number of aromatic nitrogens is 2. The molecule has 2 N–H and O–H groups in total. The first kappa shape index (κ1) is 15.4. The molecule has 1 aromatic heterocycles. The van der Waals surface area contributed by atoms with Crippen LogP contribution >= 0.6 is 0 Å². The Morgan fingerprint density at radius 2 is 2.26 bits per heavy atom. The number of benzene rings is 1. The number of hydrogen-bond donors (Lipinski definition) is 1. The summed E-state index contributed by atoms with van der Waals surface area (Å²) in [7, 11) is 0. The number of nitrogens with zero attached hydrogens (tertiary/aromatic N) is 3. The lowest BCUT2D eigenvalue weighted by molar-refractivity contribution is 0.0623. The molecule has 1 amide bonds. The van der Waals surface area contributed by atoms with Gasteiger partial charge in [0.05, 0.1) is 6.20 Å². The Morgan fingerprint density at radius 3 is 3.04 bits per heavy atom. The molecule has 0 bridgehead atoms. The molecular formula is C17H20N4O2. The zero-order valence-electron chi connectivity index (χ0n) is 12.9. The Balaban J connectivity index is 1.77. The summed E-state index contributed by atoms with van der Waals surface area (Å²) in [6, 6.07) is 7.26. The largest absolute Gasteiger partial charge is 0.437 e. The van der Waals surface area contributed by atoms with Crippen LogP contribution in [0.25, 0.3) is 0 Å². The van der Waals surface area contributed by atoms with E-state index in [1.165, 1.54) is 6.20 Å². The molecule has 0 saturated carbocycles. The van der Waals surface area contributed by atoms with Gasteiger partial charge in [-0.05, 0) is 37.5 Å². The van der Waals surface area contributed by atoms with E-state index in [-0.39, 0.29) is 11.9 Å². The van der Waals surface area contributed by atoms with E-state index in [0.717, 1.165) is 25.8 Å². The molecular weight excluding hydrogens is 292 g/mol. The van der Waals surface area contributed by atoms with Gasteiger partial charge in [0, 0.05) is 37.1 Å². The SMILES string of the molecule is NCC1CCCCN1C(=O)c1cccc(Oc2cnccn2)c1. The number of piperidine rings is 1. The van der Waals surface area contributed by atoms with E-state index in [9.17, 15) is 4.79 Å². The lowest BCUT2D eigenvalue weighted by Gasteiger charge is -2.35. The summed E-state index contributed by atoms with van der Waals surface area (Å²) in [6.07, 6.45) is 7.79. The molecule has 2 heterocycles. The van der Waals surface area contributed by atoms with Gasteiger partial charge in [0.2, 0.25) is 5.88 Å². The molecule has 0 spiro atoms. The fourth-order valence-corrected chi connectivity index (χ4v) is 2.83. The first-order valence-electron chi connectivity index (χ1n) is 7.83. The van der Waals surface area contributed by atoms with Crippen LogP contribution in [0.5, 0.6) is 11.6 Å². The zero-order valence-corrected chi connectivity index (χ0v) is 12.9. The highest BCUT2D eigenvalue weighted by atomic mass is 16.5. The highest BCUT2D eigenvalue weighted by Gasteiger charge is 2.26. The van der Waals surface area contributed by atoms with Crippen molar-refractivity contribution >= 4 is 5.91 Å². The number of likely N-dealkylation sites (tertiary alicyclic amines) is 1. The molecule has 1 unspecified atom stereocenters. The van der Waals surface area contributed by atoms with Gasteiger partial charge in [0.1, 0.15) is 5.75 Å². The summed E-state index contributed by atoms with van der Waals surface area (Å²) < 4.78 is 5.64. The maximum atomic E-state index is 12.8. The predicted octanol–water partition coefficient (Wildman–Crippen LogP) is 2.22. The molecule has 120 valence electrons. The number of ether oxygens (including phenoxy) is 1. The highest BCUT2D eigenvalue weighted by Crippen LogP contribution is 2.23. The van der Waals surface area contributed by atoms with Crippen LogP contribution in [0.4, 0.5) is 0 Å². The van der Waals surface area contributed by atoms with Gasteiger partial charge in [-0.3, -0.25) is 9.78 Å². The van der Waals surface area contributed by atoms with Crippen molar-refractivity contribution in [2.24, 2.45) is 5.73 Å². The first-order chi connectivity index (χ1) is 11.3. The topological polar surface area (TPSA) is 81.3 Å². The van der Waals surface area contributed by atoms with Crippen molar-refractivity contribution < 1.29 is 9.53 Å². The lowest BCUT2D eigenvalue weighted by atomic mass is 10.0. The van der Waals surface area contributed by atoms with Crippen molar-refractivity contribution in [2.75, 3.05) is 13.1 Å². The van der Waals surface area contributed by atoms with Gasteiger partial charge >= 0.3 is 0 Å². The Morgan fingerprint density at radius 1 is 1.35 bits per heavy atom. The van der Waals surface area contributed by atoms with Crippen molar-refractivity contribution in [3.8, 4) is 11.6 Å². The minimum absolute atomic E-state index is 0.00439. The number of nitrogens with two attached hydrogens (primary N) is 1. The Hall–Kier alpha value is -2.47. The maximum absolute atomic E-state index is 12.8. The van der Waals surface area contributed by atoms with Gasteiger partial charge < -0.3 is 15.4 Å². The van der Waals surface area contributed by atoms with Gasteiger partial charge in [-0.25, -0.2) is 4.98 Å². The fourth-order valence-electron chi connectivity index (χ4n) is 2.83. The maximum Gasteiger partial charge on any atom is 0.254 e. The molecule has 1 aromatic carbocycles. The number of hydrogen-bond acceptors (Lipinski definition) is 5. The third kappa shape index (κ3) is 3.65. The fraction of sp³-hybridized carbons (Fsp3) is 0.353. The van der Waals surface area contributed by atoms with E-state index >= 15 is 0 Å². The van der Waals surface area contributed by atoms with Crippen molar-refractivity contribution in [3.63, 3.8) is 0 Å². The normalized spacial score (nSPS) is 17.8. The van der Waals surface area contributed by atoms with E-state index in [2.05, 4.69) is 9.97 Å². The quantitative estimate of drug-likeness (QED) is 0.936. The van der Waals surface area contributed by atoms with Crippen LogP contribution in [-0.2, 0) is 0 Å². The van der Waals surface area contributed by atoms with E-state index in [4.69, 9.17) is 10.5 Å². The molecule has 1 atom stereocenters. The molecule has 1 aliphatic heterocycles. The van der Waals surface area contributed by atoms with Crippen molar-refractivity contribution in [2.45, 2.75) is 25.3 Å². The molecule has 6 nitrogen and oxygen atoms in total. The van der Waals surface area contributed by atoms with E-state index in [1.54, 1.807) is 36.7 Å². The summed E-state index contributed by atoms with van der Waals surface area (Å²) in [6.45, 7) is 1.26. The second kappa shape index (κ2) is 7.19. The Kier molecular flexibility index (Phi) is 4.83. The van der Waals surface area contributed by atoms with Crippen LogP contribution in [-0.4, -0.2) is 39.9 Å². The minimum atomic E-state index is 0.00439. The molecule has 0 radical (unpaired) electrons. The predicted molar refractivity (Wildman–Crippen MR) is 86.3 cm³/mol. The van der Waals surface area contributed by atoms with Crippen LogP contribution < -0.4 is 10.5 Å². The molecule has 2 aromatic rings. The van der Waals surface area contributed by atoms with Crippen molar-refractivity contribution in [1.82, 2.24) is 14.9 Å². The molecule has 6 heteroatoms. The van der Waals surface area contributed by atoms with Gasteiger partial charge in [-0.1, -0.05) is 6.07 Å². The second-order valence-electron chi connectivity index (χ2n) is 5.56. The lowest BCUT2D eigenvalue weighted by Crippen LogP contribution is -2.47. The van der Waals surface area contributed by atoms with Crippen molar-refractivity contribution in [1.29, 1.82) is 0 Å². The third-order valence-corrected chi connectivity index (χ3v) is 4.00. The van der Waals surface area contributed by atoms with Crippen LogP contribution in [0.3, 0.4) is 0 Å². The Labute approximate surface area is 135 Å². The number of carbonyl (C=O) groups is 1. The van der Waals surface area contributed by atoms with E-state index in [0.29, 0.717) is 23.7 Å². The van der Waals surface area contributed by atoms with E-state index in [1.807, 2.05) is 4.90 Å². The summed E-state index contributed by atoms with van der Waals surface area (Å²) in [5.41, 5.74) is 6.41. The van der Waals surface area contributed by atoms with Gasteiger partial charge in [-0.15, -0.1) is 0 Å². The summed E-state index contributed by atoms with van der Waals surface area (Å²) in [5, 5.41) is 0. The number of carbonyl (C=O) groups excluding carboxylic acids is 1.